The molecule has 4 rings (SSSR count). The molecule has 0 radical (unpaired) electrons. The van der Waals surface area contributed by atoms with Crippen molar-refractivity contribution in [2.45, 2.75) is 51.5 Å². The Morgan fingerprint density at radius 1 is 1.03 bits per heavy atom. The highest BCUT2D eigenvalue weighted by Crippen LogP contribution is 2.28. The molecule has 1 amide bonds. The number of unbranched alkanes of at least 4 members (excludes halogenated alkanes) is 2. The smallest absolute Gasteiger partial charge is 0.303 e. The number of hydrogen-bond acceptors (Lipinski definition) is 5. The summed E-state index contributed by atoms with van der Waals surface area (Å²) in [5.74, 6) is 1.22. The van der Waals surface area contributed by atoms with Gasteiger partial charge >= 0.3 is 5.97 Å². The number of rotatable bonds is 13. The number of aryl methyl sites for hydroxylation is 1. The number of nitrogens with zero attached hydrogens (tertiary/aromatic N) is 1. The Morgan fingerprint density at radius 3 is 2.58 bits per heavy atom. The quantitative estimate of drug-likeness (QED) is 0.177. The van der Waals surface area contributed by atoms with Crippen LogP contribution in [0.5, 0.6) is 11.5 Å². The Balaban J connectivity index is 1.52. The highest BCUT2D eigenvalue weighted by molar-refractivity contribution is 5.91. The molecule has 0 unspecified atom stereocenters. The number of nitrogens with one attached hydrogen (secondary N) is 3. The number of benzene rings is 2. The third kappa shape index (κ3) is 6.53. The van der Waals surface area contributed by atoms with Gasteiger partial charge in [-0.3, -0.25) is 9.59 Å². The largest absolute Gasteiger partial charge is 0.497 e. The number of H-pyrrole nitrogens is 2. The molecule has 1 atom stereocenters. The predicted octanol–water partition coefficient (Wildman–Crippen LogP) is 5.32. The maximum atomic E-state index is 13.3. The van der Waals surface area contributed by atoms with E-state index in [9.17, 15) is 9.59 Å². The maximum Gasteiger partial charge on any atom is 0.303 e. The zero-order valence-electron chi connectivity index (χ0n) is 22.0. The molecule has 0 bridgehead atoms. The number of carboxylic acids is 1. The average Bonchev–Trinajstić information content (AvgIpc) is 3.52. The summed E-state index contributed by atoms with van der Waals surface area (Å²) in [5, 5.41) is 13.0. The van der Waals surface area contributed by atoms with E-state index in [-0.39, 0.29) is 24.8 Å². The van der Waals surface area contributed by atoms with Crippen LogP contribution in [0.3, 0.4) is 0 Å². The van der Waals surface area contributed by atoms with Crippen LogP contribution in [0.15, 0.2) is 48.7 Å². The summed E-state index contributed by atoms with van der Waals surface area (Å²) in [4.78, 5) is 35.5. The Hall–Kier alpha value is -4.27. The van der Waals surface area contributed by atoms with Crippen molar-refractivity contribution in [3.63, 3.8) is 0 Å². The number of aromatic nitrogens is 3. The molecular weight excluding hydrogens is 484 g/mol. The van der Waals surface area contributed by atoms with Crippen molar-refractivity contribution < 1.29 is 24.2 Å². The number of aromatic amines is 2. The van der Waals surface area contributed by atoms with E-state index >= 15 is 0 Å². The fourth-order valence-electron chi connectivity index (χ4n) is 4.65. The lowest BCUT2D eigenvalue weighted by molar-refractivity contribution is -0.137. The zero-order chi connectivity index (χ0) is 27.1. The molecule has 200 valence electrons. The van der Waals surface area contributed by atoms with Crippen molar-refractivity contribution >= 4 is 22.8 Å². The minimum absolute atomic E-state index is 0.119. The van der Waals surface area contributed by atoms with Gasteiger partial charge in [0, 0.05) is 28.6 Å². The van der Waals surface area contributed by atoms with E-state index in [1.165, 1.54) is 0 Å². The number of carbonyl (C=O) groups is 2. The average molecular weight is 519 g/mol. The summed E-state index contributed by atoms with van der Waals surface area (Å²) < 4.78 is 10.7. The number of hydrogen-bond donors (Lipinski definition) is 4. The van der Waals surface area contributed by atoms with Crippen LogP contribution in [0.25, 0.3) is 22.2 Å². The molecule has 0 saturated carbocycles. The number of aliphatic carboxylic acids is 1. The molecule has 0 fully saturated rings. The number of imidazole rings is 1. The molecule has 2 aromatic heterocycles. The van der Waals surface area contributed by atoms with Crippen molar-refractivity contribution in [3.05, 3.63) is 65.7 Å². The van der Waals surface area contributed by atoms with Crippen LogP contribution >= 0.6 is 0 Å². The summed E-state index contributed by atoms with van der Waals surface area (Å²) in [6, 6.07) is 13.1. The second kappa shape index (κ2) is 12.3. The van der Waals surface area contributed by atoms with Crippen LogP contribution in [-0.2, 0) is 16.0 Å². The summed E-state index contributed by atoms with van der Waals surface area (Å²) >= 11 is 0. The molecule has 9 nitrogen and oxygen atoms in total. The van der Waals surface area contributed by atoms with Gasteiger partial charge in [0.1, 0.15) is 17.3 Å². The molecule has 0 spiro atoms. The normalized spacial score (nSPS) is 11.9. The lowest BCUT2D eigenvalue weighted by Gasteiger charge is -2.17. The van der Waals surface area contributed by atoms with Gasteiger partial charge in [0.25, 0.3) is 0 Å². The molecule has 4 aromatic rings. The van der Waals surface area contributed by atoms with Gasteiger partial charge in [0.15, 0.2) is 0 Å². The van der Waals surface area contributed by atoms with Crippen molar-refractivity contribution in [2.24, 2.45) is 0 Å². The lowest BCUT2D eigenvalue weighted by Crippen LogP contribution is -2.30. The Morgan fingerprint density at radius 2 is 1.82 bits per heavy atom. The van der Waals surface area contributed by atoms with E-state index in [4.69, 9.17) is 14.6 Å². The first-order chi connectivity index (χ1) is 18.4. The molecule has 0 aliphatic heterocycles. The van der Waals surface area contributed by atoms with Gasteiger partial charge in [0.05, 0.1) is 38.6 Å². The fourth-order valence-corrected chi connectivity index (χ4v) is 4.65. The monoisotopic (exact) mass is 518 g/mol. The summed E-state index contributed by atoms with van der Waals surface area (Å²) in [7, 11) is 3.25. The van der Waals surface area contributed by atoms with E-state index < -0.39 is 5.97 Å². The number of carbonyl (C=O) groups excluding carboxylic acids is 1. The second-order valence-electron chi connectivity index (χ2n) is 9.34. The van der Waals surface area contributed by atoms with E-state index in [0.29, 0.717) is 18.7 Å². The molecular formula is C29H34N4O5. The van der Waals surface area contributed by atoms with Crippen LogP contribution in [0, 0.1) is 6.92 Å². The number of amides is 1. The van der Waals surface area contributed by atoms with Crippen LogP contribution < -0.4 is 14.8 Å². The third-order valence-corrected chi connectivity index (χ3v) is 6.69. The fraction of sp³-hybridized carbons (Fsp3) is 0.345. The topological polar surface area (TPSA) is 129 Å². The molecule has 0 saturated heterocycles. The zero-order valence-corrected chi connectivity index (χ0v) is 22.0. The van der Waals surface area contributed by atoms with Gasteiger partial charge in [-0.25, -0.2) is 4.98 Å². The number of fused-ring (bicyclic) bond motifs is 1. The molecule has 4 N–H and O–H groups in total. The van der Waals surface area contributed by atoms with Crippen molar-refractivity contribution in [1.82, 2.24) is 20.3 Å². The van der Waals surface area contributed by atoms with Crippen molar-refractivity contribution in [1.29, 1.82) is 0 Å². The van der Waals surface area contributed by atoms with Crippen LogP contribution in [-0.4, -0.2) is 46.2 Å². The highest BCUT2D eigenvalue weighted by atomic mass is 16.5. The first kappa shape index (κ1) is 26.8. The van der Waals surface area contributed by atoms with E-state index in [2.05, 4.69) is 20.3 Å². The van der Waals surface area contributed by atoms with E-state index in [0.717, 1.165) is 57.8 Å². The van der Waals surface area contributed by atoms with Gasteiger partial charge in [-0.2, -0.15) is 0 Å². The minimum Gasteiger partial charge on any atom is -0.497 e. The van der Waals surface area contributed by atoms with E-state index in [1.807, 2.05) is 49.4 Å². The summed E-state index contributed by atoms with van der Waals surface area (Å²) in [6.45, 7) is 1.96. The molecule has 9 heteroatoms. The standard InChI is InChI=1S/C29H34N4O5/c1-18-22(23-15-21(38-3)12-13-24(23)31-18)16-27(34)32-25(10-5-4-6-11-28(35)36)29-30-17-26(33-29)19-8-7-9-20(14-19)37-2/h7-9,12-15,17,25,31H,4-6,10-11,16H2,1-3H3,(H,30,33)(H,32,34)(H,35,36)/t25-/m0/s1. The highest BCUT2D eigenvalue weighted by Gasteiger charge is 2.20. The molecule has 2 heterocycles. The molecule has 0 aliphatic rings. The Kier molecular flexibility index (Phi) is 8.68. The molecule has 38 heavy (non-hydrogen) atoms. The van der Waals surface area contributed by atoms with Crippen LogP contribution in [0.2, 0.25) is 0 Å². The first-order valence-electron chi connectivity index (χ1n) is 12.7. The first-order valence-corrected chi connectivity index (χ1v) is 12.7. The molecule has 0 aliphatic carbocycles. The van der Waals surface area contributed by atoms with Gasteiger partial charge in [-0.1, -0.05) is 25.0 Å². The van der Waals surface area contributed by atoms with E-state index in [1.54, 1.807) is 20.4 Å². The molecule has 2 aromatic carbocycles. The van der Waals surface area contributed by atoms with Gasteiger partial charge in [-0.05, 0) is 55.7 Å². The van der Waals surface area contributed by atoms with Crippen LogP contribution in [0.1, 0.15) is 55.2 Å². The number of ether oxygens (including phenoxy) is 2. The Labute approximate surface area is 221 Å². The summed E-state index contributed by atoms with van der Waals surface area (Å²) in [6.07, 6.45) is 4.85. The maximum absolute atomic E-state index is 13.3. The van der Waals surface area contributed by atoms with Gasteiger partial charge in [0.2, 0.25) is 5.91 Å². The predicted molar refractivity (Wildman–Crippen MR) is 145 cm³/mol. The lowest BCUT2D eigenvalue weighted by atomic mass is 10.0. The van der Waals surface area contributed by atoms with Crippen molar-refractivity contribution in [2.75, 3.05) is 14.2 Å². The minimum atomic E-state index is -0.797. The Bertz CT molecular complexity index is 1410. The third-order valence-electron chi connectivity index (χ3n) is 6.69. The van der Waals surface area contributed by atoms with Gasteiger partial charge < -0.3 is 29.9 Å². The van der Waals surface area contributed by atoms with Gasteiger partial charge in [-0.15, -0.1) is 0 Å². The SMILES string of the molecule is COc1cccc(-c2cnc([C@H](CCCCCC(=O)O)NC(=O)Cc3c(C)[nH]c4ccc(OC)cc34)[nH]2)c1. The number of carboxylic acid groups (broad SMARTS) is 1. The second-order valence-corrected chi connectivity index (χ2v) is 9.34. The van der Waals surface area contributed by atoms with Crippen molar-refractivity contribution in [3.8, 4) is 22.8 Å². The van der Waals surface area contributed by atoms with Crippen LogP contribution in [0.4, 0.5) is 0 Å². The summed E-state index contributed by atoms with van der Waals surface area (Å²) in [5.41, 5.74) is 4.57. The number of methoxy groups -OCH3 is 2.